The van der Waals surface area contributed by atoms with Gasteiger partial charge in [-0.05, 0) is 36.1 Å². The molecule has 160 valence electrons. The summed E-state index contributed by atoms with van der Waals surface area (Å²) >= 11 is 0. The predicted molar refractivity (Wildman–Crippen MR) is 123 cm³/mol. The highest BCUT2D eigenvalue weighted by molar-refractivity contribution is 6.07. The second-order valence-electron chi connectivity index (χ2n) is 7.74. The average Bonchev–Trinajstić information content (AvgIpc) is 3.16. The van der Waals surface area contributed by atoms with Crippen molar-refractivity contribution in [3.63, 3.8) is 0 Å². The fraction of sp³-hybridized carbons (Fsp3) is 0.240. The van der Waals surface area contributed by atoms with Crippen molar-refractivity contribution in [2.45, 2.75) is 20.3 Å². The van der Waals surface area contributed by atoms with E-state index in [0.717, 1.165) is 12.0 Å². The van der Waals surface area contributed by atoms with Gasteiger partial charge in [-0.2, -0.15) is 0 Å². The standard InChI is InChI=1S/C25H27FN4O/c1-5-9-18(6-2)19(14-17(3)4)15-29-24(31)20-16-30(25-27-12-8-13-28-25)22-11-7-10-21(26)23(20)22/h5-13,16-17,19H,1-2,14-15H2,3-4H3,(H,29,31)/b18-9+. The van der Waals surface area contributed by atoms with E-state index in [9.17, 15) is 9.18 Å². The first-order chi connectivity index (χ1) is 15.0. The van der Waals surface area contributed by atoms with Crippen LogP contribution in [0.3, 0.4) is 0 Å². The van der Waals surface area contributed by atoms with Gasteiger partial charge < -0.3 is 5.32 Å². The van der Waals surface area contributed by atoms with Gasteiger partial charge in [0.1, 0.15) is 5.82 Å². The number of benzene rings is 1. The zero-order valence-electron chi connectivity index (χ0n) is 17.9. The van der Waals surface area contributed by atoms with E-state index in [4.69, 9.17) is 0 Å². The third kappa shape index (κ3) is 4.97. The van der Waals surface area contributed by atoms with Gasteiger partial charge in [0.15, 0.2) is 0 Å². The van der Waals surface area contributed by atoms with Crippen LogP contribution in [-0.2, 0) is 0 Å². The number of allylic oxidation sites excluding steroid dienone is 3. The van der Waals surface area contributed by atoms with Crippen LogP contribution >= 0.6 is 0 Å². The lowest BCUT2D eigenvalue weighted by Crippen LogP contribution is -2.30. The van der Waals surface area contributed by atoms with Gasteiger partial charge in [-0.1, -0.05) is 51.3 Å². The molecule has 0 aliphatic rings. The molecule has 1 unspecified atom stereocenters. The highest BCUT2D eigenvalue weighted by Gasteiger charge is 2.21. The first kappa shape index (κ1) is 22.2. The lowest BCUT2D eigenvalue weighted by atomic mass is 9.89. The van der Waals surface area contributed by atoms with Crippen LogP contribution in [0.2, 0.25) is 0 Å². The minimum atomic E-state index is -0.464. The van der Waals surface area contributed by atoms with E-state index < -0.39 is 5.82 Å². The molecule has 0 fully saturated rings. The Morgan fingerprint density at radius 3 is 2.61 bits per heavy atom. The maximum absolute atomic E-state index is 14.7. The summed E-state index contributed by atoms with van der Waals surface area (Å²) in [6.07, 6.45) is 11.1. The number of hydrogen-bond donors (Lipinski definition) is 1. The lowest BCUT2D eigenvalue weighted by Gasteiger charge is -2.21. The predicted octanol–water partition coefficient (Wildman–Crippen LogP) is 5.25. The maximum Gasteiger partial charge on any atom is 0.253 e. The second kappa shape index (κ2) is 9.98. The Balaban J connectivity index is 1.94. The van der Waals surface area contributed by atoms with E-state index in [2.05, 4.69) is 42.3 Å². The number of fused-ring (bicyclic) bond motifs is 1. The van der Waals surface area contributed by atoms with Crippen molar-refractivity contribution in [1.29, 1.82) is 0 Å². The molecule has 0 saturated carbocycles. The van der Waals surface area contributed by atoms with Gasteiger partial charge in [0.2, 0.25) is 5.95 Å². The summed E-state index contributed by atoms with van der Waals surface area (Å²) in [6.45, 7) is 12.3. The largest absolute Gasteiger partial charge is 0.351 e. The Hall–Kier alpha value is -3.54. The van der Waals surface area contributed by atoms with Gasteiger partial charge in [0.25, 0.3) is 5.91 Å². The smallest absolute Gasteiger partial charge is 0.253 e. The maximum atomic E-state index is 14.7. The lowest BCUT2D eigenvalue weighted by molar-refractivity contribution is 0.0949. The zero-order chi connectivity index (χ0) is 22.4. The molecule has 1 aromatic carbocycles. The minimum absolute atomic E-state index is 0.0788. The van der Waals surface area contributed by atoms with Crippen LogP contribution in [0, 0.1) is 17.7 Å². The van der Waals surface area contributed by atoms with Crippen molar-refractivity contribution < 1.29 is 9.18 Å². The zero-order valence-corrected chi connectivity index (χ0v) is 17.9. The molecule has 3 rings (SSSR count). The molecule has 5 nitrogen and oxygen atoms in total. The fourth-order valence-electron chi connectivity index (χ4n) is 3.72. The molecule has 1 amide bonds. The molecule has 0 spiro atoms. The van der Waals surface area contributed by atoms with E-state index in [1.807, 2.05) is 6.08 Å². The third-order valence-electron chi connectivity index (χ3n) is 5.07. The molecule has 2 aromatic heterocycles. The van der Waals surface area contributed by atoms with Gasteiger partial charge in [0.05, 0.1) is 11.1 Å². The molecular formula is C25H27FN4O. The van der Waals surface area contributed by atoms with Crippen LogP contribution in [0.25, 0.3) is 16.9 Å². The molecule has 0 radical (unpaired) electrons. The number of rotatable bonds is 9. The molecule has 0 bridgehead atoms. The summed E-state index contributed by atoms with van der Waals surface area (Å²) in [6, 6.07) is 6.40. The SMILES string of the molecule is C=C/C=C(\C=C)C(CNC(=O)c1cn(-c2ncccn2)c2cccc(F)c12)CC(C)C. The van der Waals surface area contributed by atoms with Crippen molar-refractivity contribution in [2.24, 2.45) is 11.8 Å². The average molecular weight is 419 g/mol. The van der Waals surface area contributed by atoms with Gasteiger partial charge in [0, 0.05) is 36.4 Å². The summed E-state index contributed by atoms with van der Waals surface area (Å²) in [5.74, 6) is 0.0763. The molecule has 1 atom stereocenters. The minimum Gasteiger partial charge on any atom is -0.351 e. The molecular weight excluding hydrogens is 391 g/mol. The van der Waals surface area contributed by atoms with E-state index >= 15 is 0 Å². The van der Waals surface area contributed by atoms with Gasteiger partial charge >= 0.3 is 0 Å². The first-order valence-electron chi connectivity index (χ1n) is 10.3. The molecule has 0 aliphatic carbocycles. The number of amides is 1. The Morgan fingerprint density at radius 2 is 1.97 bits per heavy atom. The number of halogens is 1. The van der Waals surface area contributed by atoms with Crippen molar-refractivity contribution in [3.8, 4) is 5.95 Å². The second-order valence-corrected chi connectivity index (χ2v) is 7.74. The van der Waals surface area contributed by atoms with Crippen LogP contribution in [-0.4, -0.2) is 27.0 Å². The number of hydrogen-bond acceptors (Lipinski definition) is 3. The topological polar surface area (TPSA) is 59.8 Å². The number of nitrogens with one attached hydrogen (secondary N) is 1. The quantitative estimate of drug-likeness (QED) is 0.483. The Bertz CT molecular complexity index is 1120. The highest BCUT2D eigenvalue weighted by atomic mass is 19.1. The molecule has 31 heavy (non-hydrogen) atoms. The summed E-state index contributed by atoms with van der Waals surface area (Å²) in [5, 5.41) is 3.23. The molecule has 1 N–H and O–H groups in total. The third-order valence-corrected chi connectivity index (χ3v) is 5.07. The summed E-state index contributed by atoms with van der Waals surface area (Å²) in [7, 11) is 0. The molecule has 6 heteroatoms. The summed E-state index contributed by atoms with van der Waals surface area (Å²) in [5.41, 5.74) is 1.79. The monoisotopic (exact) mass is 418 g/mol. The Morgan fingerprint density at radius 1 is 1.23 bits per heavy atom. The van der Waals surface area contributed by atoms with E-state index in [1.54, 1.807) is 53.5 Å². The van der Waals surface area contributed by atoms with Crippen LogP contribution in [0.1, 0.15) is 30.6 Å². The summed E-state index contributed by atoms with van der Waals surface area (Å²) < 4.78 is 16.4. The number of carbonyl (C=O) groups excluding carboxylic acids is 1. The van der Waals surface area contributed by atoms with Crippen LogP contribution in [0.4, 0.5) is 4.39 Å². The van der Waals surface area contributed by atoms with Crippen molar-refractivity contribution in [1.82, 2.24) is 19.9 Å². The van der Waals surface area contributed by atoms with Crippen LogP contribution in [0.15, 0.2) is 79.8 Å². The molecule has 2 heterocycles. The Labute approximate surface area is 182 Å². The van der Waals surface area contributed by atoms with Crippen LogP contribution < -0.4 is 5.32 Å². The van der Waals surface area contributed by atoms with Crippen molar-refractivity contribution in [2.75, 3.05) is 6.54 Å². The molecule has 3 aromatic rings. The van der Waals surface area contributed by atoms with E-state index in [-0.39, 0.29) is 22.8 Å². The number of nitrogens with zero attached hydrogens (tertiary/aromatic N) is 3. The number of carbonyl (C=O) groups is 1. The Kier molecular flexibility index (Phi) is 7.13. The van der Waals surface area contributed by atoms with E-state index in [1.165, 1.54) is 6.07 Å². The fourth-order valence-corrected chi connectivity index (χ4v) is 3.72. The van der Waals surface area contributed by atoms with Crippen LogP contribution in [0.5, 0.6) is 0 Å². The highest BCUT2D eigenvalue weighted by Crippen LogP contribution is 2.27. The van der Waals surface area contributed by atoms with E-state index in [0.29, 0.717) is 23.9 Å². The van der Waals surface area contributed by atoms with Crippen molar-refractivity contribution >= 4 is 16.8 Å². The molecule has 0 aliphatic heterocycles. The normalized spacial score (nSPS) is 12.7. The number of aromatic nitrogens is 3. The first-order valence-corrected chi connectivity index (χ1v) is 10.3. The molecule has 0 saturated heterocycles. The summed E-state index contributed by atoms with van der Waals surface area (Å²) in [4.78, 5) is 21.6. The van der Waals surface area contributed by atoms with Gasteiger partial charge in [-0.3, -0.25) is 9.36 Å². The van der Waals surface area contributed by atoms with Gasteiger partial charge in [-0.15, -0.1) is 0 Å². The van der Waals surface area contributed by atoms with Gasteiger partial charge in [-0.25, -0.2) is 14.4 Å². The van der Waals surface area contributed by atoms with Crippen molar-refractivity contribution in [3.05, 3.63) is 91.2 Å².